The molecule has 1 aliphatic carbocycles. The van der Waals surface area contributed by atoms with Gasteiger partial charge in [-0.2, -0.15) is 0 Å². The van der Waals surface area contributed by atoms with Crippen molar-refractivity contribution < 1.29 is 28.6 Å². The Morgan fingerprint density at radius 3 is 2.44 bits per heavy atom. The van der Waals surface area contributed by atoms with Gasteiger partial charge in [0.15, 0.2) is 5.78 Å². The quantitative estimate of drug-likeness (QED) is 0.424. The number of esters is 2. The first-order valence-electron chi connectivity index (χ1n) is 12.1. The number of hydrogen-bond acceptors (Lipinski definition) is 8. The summed E-state index contributed by atoms with van der Waals surface area (Å²) >= 11 is 1.49. The molecule has 36 heavy (non-hydrogen) atoms. The number of thiophene rings is 1. The number of benzene rings is 1. The number of Topliss-reactive ketones (excluding diaryl/α,β-unsaturated/α-hetero) is 1. The Kier molecular flexibility index (Phi) is 7.64. The second-order valence-electron chi connectivity index (χ2n) is 8.82. The number of ether oxygens (including phenoxy) is 3. The van der Waals surface area contributed by atoms with Gasteiger partial charge in [-0.1, -0.05) is 18.2 Å². The van der Waals surface area contributed by atoms with Gasteiger partial charge in [-0.05, 0) is 62.8 Å². The molecular formula is C28H31NO6S. The zero-order valence-electron chi connectivity index (χ0n) is 21.2. The molecule has 0 saturated heterocycles. The van der Waals surface area contributed by atoms with Gasteiger partial charge in [0.2, 0.25) is 0 Å². The zero-order chi connectivity index (χ0) is 26.0. The number of hydrogen-bond donors (Lipinski definition) is 1. The minimum Gasteiger partial charge on any atom is -0.496 e. The lowest BCUT2D eigenvalue weighted by atomic mass is 9.67. The second-order valence-corrected chi connectivity index (χ2v) is 9.77. The molecule has 7 nitrogen and oxygen atoms in total. The van der Waals surface area contributed by atoms with Crippen LogP contribution >= 0.6 is 11.3 Å². The maximum atomic E-state index is 14.3. The van der Waals surface area contributed by atoms with Crippen LogP contribution in [0.15, 0.2) is 58.3 Å². The van der Waals surface area contributed by atoms with E-state index in [9.17, 15) is 14.4 Å². The number of dihydropyridines is 1. The van der Waals surface area contributed by atoms with Crippen LogP contribution in [-0.2, 0) is 23.9 Å². The molecule has 0 spiro atoms. The Bertz CT molecular complexity index is 1260. The highest BCUT2D eigenvalue weighted by Gasteiger charge is 2.50. The van der Waals surface area contributed by atoms with Gasteiger partial charge in [0, 0.05) is 27.8 Å². The van der Waals surface area contributed by atoms with Gasteiger partial charge in [-0.25, -0.2) is 4.79 Å². The minimum atomic E-state index is -1.06. The van der Waals surface area contributed by atoms with Gasteiger partial charge in [-0.3, -0.25) is 9.59 Å². The van der Waals surface area contributed by atoms with Crippen LogP contribution in [0.1, 0.15) is 55.0 Å². The monoisotopic (exact) mass is 509 g/mol. The molecule has 0 saturated carbocycles. The van der Waals surface area contributed by atoms with E-state index in [0.717, 1.165) is 16.0 Å². The summed E-state index contributed by atoms with van der Waals surface area (Å²) in [5.74, 6) is -2.95. The van der Waals surface area contributed by atoms with Crippen molar-refractivity contribution in [3.63, 3.8) is 0 Å². The lowest BCUT2D eigenvalue weighted by Gasteiger charge is -2.39. The summed E-state index contributed by atoms with van der Waals surface area (Å²) in [6.45, 7) is 7.63. The van der Waals surface area contributed by atoms with Crippen molar-refractivity contribution in [1.82, 2.24) is 5.32 Å². The molecule has 3 atom stereocenters. The first-order valence-corrected chi connectivity index (χ1v) is 13.0. The third kappa shape index (κ3) is 4.46. The molecular weight excluding hydrogens is 478 g/mol. The summed E-state index contributed by atoms with van der Waals surface area (Å²) < 4.78 is 16.4. The maximum Gasteiger partial charge on any atom is 0.336 e. The largest absolute Gasteiger partial charge is 0.496 e. The van der Waals surface area contributed by atoms with Crippen LogP contribution in [0.5, 0.6) is 5.75 Å². The summed E-state index contributed by atoms with van der Waals surface area (Å²) in [6, 6.07) is 9.38. The normalized spacial score (nSPS) is 21.6. The summed E-state index contributed by atoms with van der Waals surface area (Å²) in [4.78, 5) is 41.6. The molecule has 8 heteroatoms. The average molecular weight is 510 g/mol. The van der Waals surface area contributed by atoms with Crippen molar-refractivity contribution in [2.45, 2.75) is 46.0 Å². The van der Waals surface area contributed by atoms with Crippen LogP contribution in [0.25, 0.3) is 0 Å². The van der Waals surface area contributed by atoms with E-state index >= 15 is 0 Å². The zero-order valence-corrected chi connectivity index (χ0v) is 22.0. The van der Waals surface area contributed by atoms with Crippen LogP contribution in [0, 0.1) is 12.8 Å². The first kappa shape index (κ1) is 25.7. The van der Waals surface area contributed by atoms with E-state index in [1.807, 2.05) is 49.6 Å². The first-order chi connectivity index (χ1) is 17.3. The number of rotatable bonds is 7. The lowest BCUT2D eigenvalue weighted by Crippen LogP contribution is -2.43. The number of nitrogens with one attached hydrogen (secondary N) is 1. The highest BCUT2D eigenvalue weighted by Crippen LogP contribution is 2.50. The van der Waals surface area contributed by atoms with Crippen LogP contribution < -0.4 is 10.1 Å². The van der Waals surface area contributed by atoms with Crippen molar-refractivity contribution in [3.05, 3.63) is 74.3 Å². The molecule has 2 heterocycles. The van der Waals surface area contributed by atoms with E-state index in [1.165, 1.54) is 11.3 Å². The van der Waals surface area contributed by atoms with E-state index in [2.05, 4.69) is 5.32 Å². The SMILES string of the molecule is CCOC(=O)C1=C(C)NC2=C(C(=O)[C@@H](C(=O)OCC)[C@H](c3ccccc3OC)C2)[C@@H]1c1sccc1C. The number of para-hydroxylation sites is 1. The Labute approximate surface area is 215 Å². The fraction of sp³-hybridized carbons (Fsp3) is 0.393. The number of ketones is 1. The Morgan fingerprint density at radius 1 is 1.08 bits per heavy atom. The van der Waals surface area contributed by atoms with E-state index in [4.69, 9.17) is 14.2 Å². The number of carbonyl (C=O) groups excluding carboxylic acids is 3. The van der Waals surface area contributed by atoms with E-state index in [-0.39, 0.29) is 19.0 Å². The molecule has 0 radical (unpaired) electrons. The van der Waals surface area contributed by atoms with Gasteiger partial charge in [0.25, 0.3) is 0 Å². The van der Waals surface area contributed by atoms with Crippen molar-refractivity contribution >= 4 is 29.1 Å². The van der Waals surface area contributed by atoms with Gasteiger partial charge in [0.05, 0.1) is 31.8 Å². The Hall–Kier alpha value is -3.39. The molecule has 0 unspecified atom stereocenters. The van der Waals surface area contributed by atoms with E-state index < -0.39 is 29.7 Å². The van der Waals surface area contributed by atoms with Crippen LogP contribution in [0.4, 0.5) is 0 Å². The predicted octanol–water partition coefficient (Wildman–Crippen LogP) is 4.78. The topological polar surface area (TPSA) is 90.9 Å². The molecule has 1 aliphatic heterocycles. The van der Waals surface area contributed by atoms with Crippen LogP contribution in [0.3, 0.4) is 0 Å². The molecule has 1 aromatic heterocycles. The number of allylic oxidation sites excluding steroid dienone is 3. The predicted molar refractivity (Wildman–Crippen MR) is 137 cm³/mol. The fourth-order valence-corrected chi connectivity index (χ4v) is 6.27. The third-order valence-corrected chi connectivity index (χ3v) is 7.84. The maximum absolute atomic E-state index is 14.3. The van der Waals surface area contributed by atoms with Crippen molar-refractivity contribution in [3.8, 4) is 5.75 Å². The summed E-state index contributed by atoms with van der Waals surface area (Å²) in [6.07, 6.45) is 0.388. The molecule has 2 aliphatic rings. The molecule has 0 fully saturated rings. The summed E-state index contributed by atoms with van der Waals surface area (Å²) in [5, 5.41) is 5.27. The fourth-order valence-electron chi connectivity index (χ4n) is 5.22. The minimum absolute atomic E-state index is 0.159. The van der Waals surface area contributed by atoms with E-state index in [0.29, 0.717) is 34.7 Å². The van der Waals surface area contributed by atoms with Crippen LogP contribution in [-0.4, -0.2) is 38.0 Å². The van der Waals surface area contributed by atoms with Gasteiger partial charge < -0.3 is 19.5 Å². The number of aryl methyl sites for hydroxylation is 1. The molecule has 4 rings (SSSR count). The van der Waals surface area contributed by atoms with Crippen molar-refractivity contribution in [2.75, 3.05) is 20.3 Å². The molecule has 2 aromatic rings. The molecule has 0 amide bonds. The standard InChI is InChI=1S/C28H31NO6S/c1-6-34-27(31)21-16(4)29-19-14-18(17-10-8-9-11-20(17)33-5)22(28(32)35-7-2)25(30)23(19)24(21)26-15(3)12-13-36-26/h8-13,18,22,24,29H,6-7,14H2,1-5H3/t18-,22-,24+/m0/s1. The molecule has 0 bridgehead atoms. The van der Waals surface area contributed by atoms with E-state index in [1.54, 1.807) is 21.0 Å². The smallest absolute Gasteiger partial charge is 0.336 e. The lowest BCUT2D eigenvalue weighted by molar-refractivity contribution is -0.152. The highest BCUT2D eigenvalue weighted by atomic mass is 32.1. The van der Waals surface area contributed by atoms with Crippen LogP contribution in [0.2, 0.25) is 0 Å². The van der Waals surface area contributed by atoms with Gasteiger partial charge in [0.1, 0.15) is 11.7 Å². The third-order valence-electron chi connectivity index (χ3n) is 6.76. The molecule has 1 N–H and O–H groups in total. The van der Waals surface area contributed by atoms with Gasteiger partial charge in [-0.15, -0.1) is 11.3 Å². The molecule has 190 valence electrons. The van der Waals surface area contributed by atoms with Crippen molar-refractivity contribution in [1.29, 1.82) is 0 Å². The Balaban J connectivity index is 1.91. The van der Waals surface area contributed by atoms with Crippen molar-refractivity contribution in [2.24, 2.45) is 5.92 Å². The Morgan fingerprint density at radius 2 is 1.81 bits per heavy atom. The summed E-state index contributed by atoms with van der Waals surface area (Å²) in [7, 11) is 1.57. The highest BCUT2D eigenvalue weighted by molar-refractivity contribution is 7.10. The second kappa shape index (κ2) is 10.7. The summed E-state index contributed by atoms with van der Waals surface area (Å²) in [5.41, 5.74) is 3.92. The van der Waals surface area contributed by atoms with Gasteiger partial charge >= 0.3 is 11.9 Å². The average Bonchev–Trinajstić information content (AvgIpc) is 3.28. The molecule has 1 aromatic carbocycles. The number of methoxy groups -OCH3 is 1. The number of carbonyl (C=O) groups is 3.